The third-order valence-electron chi connectivity index (χ3n) is 19.0. The molecule has 6 heterocycles. The van der Waals surface area contributed by atoms with Crippen molar-refractivity contribution in [3.05, 3.63) is 203 Å². The Morgan fingerprint density at radius 2 is 0.892 bits per heavy atom. The van der Waals surface area contributed by atoms with E-state index in [0.29, 0.717) is 4.59 Å². The van der Waals surface area contributed by atoms with Gasteiger partial charge in [-0.15, -0.1) is 9.13 Å². The van der Waals surface area contributed by atoms with Crippen molar-refractivity contribution < 1.29 is 9.24 Å². The second-order valence-electron chi connectivity index (χ2n) is 29.5. The molecule has 0 saturated heterocycles. The maximum atomic E-state index is 2.76. The molecule has 0 radical (unpaired) electrons. The highest BCUT2D eigenvalue weighted by atomic mass is 15.8. The predicted molar refractivity (Wildman–Crippen MR) is 350 cm³/mol. The van der Waals surface area contributed by atoms with Gasteiger partial charge in [0.05, 0.1) is 11.1 Å². The third-order valence-corrected chi connectivity index (χ3v) is 19.0. The summed E-state index contributed by atoms with van der Waals surface area (Å²) in [6.45, 7) is 40.2. The lowest BCUT2D eigenvalue weighted by atomic mass is 9.77. The summed E-state index contributed by atoms with van der Waals surface area (Å²) in [6.07, 6.45) is 4.38. The summed E-state index contributed by atoms with van der Waals surface area (Å²) in [6, 6.07) is 62.8. The minimum absolute atomic E-state index is 0.103. The molecule has 1 unspecified atom stereocenters. The predicted octanol–water partition coefficient (Wildman–Crippen LogP) is 19.9. The maximum absolute atomic E-state index is 2.76. The topological polar surface area (TPSA) is 17.6 Å². The second-order valence-corrected chi connectivity index (χ2v) is 29.5. The van der Waals surface area contributed by atoms with E-state index in [1.54, 1.807) is 0 Å². The van der Waals surface area contributed by atoms with E-state index in [2.05, 4.69) is 300 Å². The van der Waals surface area contributed by atoms with Crippen molar-refractivity contribution in [2.24, 2.45) is 0 Å². The van der Waals surface area contributed by atoms with Crippen LogP contribution in [0.25, 0.3) is 94.5 Å². The van der Waals surface area contributed by atoms with Crippen LogP contribution in [0.4, 0.5) is 17.3 Å². The molecule has 0 fully saturated rings. The van der Waals surface area contributed by atoms with Crippen LogP contribution in [0.5, 0.6) is 0 Å². The molecule has 3 aliphatic heterocycles. The van der Waals surface area contributed by atoms with Crippen LogP contribution in [0.3, 0.4) is 0 Å². The average molecular weight is 1090 g/mol. The molecule has 0 bridgehead atoms. The van der Waals surface area contributed by atoms with Crippen LogP contribution in [-0.2, 0) is 39.9 Å². The Bertz CT molecular complexity index is 4440. The number of fused-ring (bicyclic) bond motifs is 12. The first kappa shape index (κ1) is 53.2. The number of nitrogens with zero attached hydrogens (tertiary/aromatic N) is 5. The Labute approximate surface area is 492 Å². The maximum Gasteiger partial charge on any atom is 0.519 e. The summed E-state index contributed by atoms with van der Waals surface area (Å²) >= 11 is 0. The fourth-order valence-electron chi connectivity index (χ4n) is 14.3. The van der Waals surface area contributed by atoms with Crippen molar-refractivity contribution in [2.45, 2.75) is 158 Å². The smallest absolute Gasteiger partial charge is 0.181 e. The Kier molecular flexibility index (Phi) is 11.3. The molecule has 3 aliphatic rings. The molecule has 8 aromatic carbocycles. The van der Waals surface area contributed by atoms with Crippen LogP contribution in [0.1, 0.15) is 157 Å². The van der Waals surface area contributed by atoms with Gasteiger partial charge in [-0.05, 0) is 160 Å². The summed E-state index contributed by atoms with van der Waals surface area (Å²) in [5.74, 6) is 2.29. The van der Waals surface area contributed by atoms with Gasteiger partial charge in [0.2, 0.25) is 22.6 Å². The molecule has 5 nitrogen and oxygen atoms in total. The number of para-hydroxylation sites is 5. The minimum atomic E-state index is -0.125. The Hall–Kier alpha value is -7.86. The molecule has 0 aliphatic carbocycles. The molecule has 11 aromatic rings. The van der Waals surface area contributed by atoms with Crippen molar-refractivity contribution in [3.63, 3.8) is 0 Å². The molecule has 14 rings (SSSR count). The van der Waals surface area contributed by atoms with Crippen LogP contribution in [0, 0.1) is 0 Å². The van der Waals surface area contributed by atoms with Crippen molar-refractivity contribution in [2.75, 3.05) is 0 Å². The fourth-order valence-corrected chi connectivity index (χ4v) is 14.3. The van der Waals surface area contributed by atoms with Gasteiger partial charge in [0, 0.05) is 32.6 Å². The molecule has 1 atom stereocenters. The largest absolute Gasteiger partial charge is 0.519 e. The van der Waals surface area contributed by atoms with Gasteiger partial charge in [-0.1, -0.05) is 215 Å². The van der Waals surface area contributed by atoms with Crippen LogP contribution in [0.2, 0.25) is 0 Å². The van der Waals surface area contributed by atoms with E-state index in [1.165, 1.54) is 134 Å². The molecular weight excluding hydrogens is 1010 g/mol. The number of quaternary nitrogens is 1. The second kappa shape index (κ2) is 17.6. The average Bonchev–Trinajstić information content (AvgIpc) is 1.51. The molecule has 5 heteroatoms. The van der Waals surface area contributed by atoms with Crippen LogP contribution in [0.15, 0.2) is 164 Å². The zero-order chi connectivity index (χ0) is 58.4. The zero-order valence-electron chi connectivity index (χ0n) is 52.2. The monoisotopic (exact) mass is 1090 g/mol. The zero-order valence-corrected chi connectivity index (χ0v) is 52.2. The van der Waals surface area contributed by atoms with Crippen LogP contribution in [-0.4, -0.2) is 9.13 Å². The number of pyridine rings is 1. The summed E-state index contributed by atoms with van der Waals surface area (Å²) in [4.78, 5) is 0. The van der Waals surface area contributed by atoms with Gasteiger partial charge in [-0.25, -0.2) is 0 Å². The number of aryl methyl sites for hydroxylation is 2. The lowest BCUT2D eigenvalue weighted by Gasteiger charge is -2.32. The number of rotatable bonds is 5. The summed E-state index contributed by atoms with van der Waals surface area (Å²) in [5.41, 5.74) is 28.5. The molecular formula is C78H82N5+3. The van der Waals surface area contributed by atoms with Crippen molar-refractivity contribution in [1.82, 2.24) is 13.7 Å². The molecule has 0 amide bonds. The molecule has 1 spiro atoms. The standard InChI is InChI=1S/C78H82N5/c1-18-47-42-62-60-29-25-33-67-71(60)83(72-61(63(62)43-48(47)19-2)35-34-59-58-26-20-21-30-64(58)81(70(59)72)68-46-51(74(3,4)5)36-37-79(68)83)73-80(67)65-31-22-23-32-66(65)82(73)69-56(49-38-52(75(6,7)8)44-53(39-49)76(9,10)11)27-24-28-57(69)50-40-54(77(12,13)14)45-55(41-50)78(15,16)17/h20-46H,18-19H2,1-17H3/q+3. The summed E-state index contributed by atoms with van der Waals surface area (Å²) in [7, 11) is 0. The third kappa shape index (κ3) is 7.54. The van der Waals surface area contributed by atoms with E-state index in [-0.39, 0.29) is 27.1 Å². The van der Waals surface area contributed by atoms with E-state index in [1.807, 2.05) is 0 Å². The highest BCUT2D eigenvalue weighted by Gasteiger charge is 2.69. The summed E-state index contributed by atoms with van der Waals surface area (Å²) in [5, 5.41) is 2.52. The summed E-state index contributed by atoms with van der Waals surface area (Å²) < 4.78 is 11.0. The number of hydrogen-bond donors (Lipinski definition) is 0. The van der Waals surface area contributed by atoms with Gasteiger partial charge in [0.1, 0.15) is 5.52 Å². The number of aromatic nitrogens is 4. The molecule has 416 valence electrons. The number of imidazole rings is 1. The Morgan fingerprint density at radius 3 is 1.43 bits per heavy atom. The van der Waals surface area contributed by atoms with Gasteiger partial charge in [-0.2, -0.15) is 4.57 Å². The van der Waals surface area contributed by atoms with Gasteiger partial charge >= 0.3 is 11.8 Å². The number of benzene rings is 8. The first-order valence-electron chi connectivity index (χ1n) is 30.6. The lowest BCUT2D eigenvalue weighted by Crippen LogP contribution is -2.70. The molecule has 0 N–H and O–H groups in total. The van der Waals surface area contributed by atoms with Gasteiger partial charge < -0.3 is 0 Å². The van der Waals surface area contributed by atoms with Crippen LogP contribution >= 0.6 is 0 Å². The number of hydrogen-bond acceptors (Lipinski definition) is 0. The van der Waals surface area contributed by atoms with Crippen molar-refractivity contribution in [3.8, 4) is 61.7 Å². The van der Waals surface area contributed by atoms with E-state index < -0.39 is 0 Å². The van der Waals surface area contributed by atoms with E-state index in [9.17, 15) is 0 Å². The first-order chi connectivity index (χ1) is 39.2. The quantitative estimate of drug-likeness (QED) is 0.121. The van der Waals surface area contributed by atoms with Crippen molar-refractivity contribution >= 4 is 50.2 Å². The van der Waals surface area contributed by atoms with Crippen LogP contribution < -0.4 is 13.8 Å². The Morgan fingerprint density at radius 1 is 0.398 bits per heavy atom. The normalized spacial score (nSPS) is 15.4. The Balaban J connectivity index is 1.27. The first-order valence-corrected chi connectivity index (χ1v) is 30.6. The molecule has 83 heavy (non-hydrogen) atoms. The molecule has 0 saturated carbocycles. The van der Waals surface area contributed by atoms with Crippen molar-refractivity contribution in [1.29, 1.82) is 0 Å². The van der Waals surface area contributed by atoms with Gasteiger partial charge in [0.15, 0.2) is 22.9 Å². The minimum Gasteiger partial charge on any atom is -0.181 e. The fraction of sp³-hybridized carbons (Fsp3) is 0.308. The van der Waals surface area contributed by atoms with E-state index in [4.69, 9.17) is 0 Å². The van der Waals surface area contributed by atoms with Gasteiger partial charge in [-0.3, -0.25) is 0 Å². The SMILES string of the molecule is CCc1cc2c(cc1CC)-c1ccc3c4ccccc4n4c3c1[N+]1(c3c-2cccc3-n2c1[n+](-c1c(-c3cc(C(C)(C)C)cc(C(C)(C)C)c3)cccc1-c1cc(C(C)(C)C)cc(C(C)(C)C)c1)c1ccccc12)[n+]1ccc(C(C)(C)C)cc1-4. The highest BCUT2D eigenvalue weighted by molar-refractivity contribution is 6.19. The highest BCUT2D eigenvalue weighted by Crippen LogP contribution is 2.64. The van der Waals surface area contributed by atoms with E-state index in [0.717, 1.165) is 30.1 Å². The van der Waals surface area contributed by atoms with Gasteiger partial charge in [0.25, 0.3) is 0 Å². The van der Waals surface area contributed by atoms with E-state index >= 15 is 0 Å². The lowest BCUT2D eigenvalue weighted by molar-refractivity contribution is -0.791. The molecule has 3 aromatic heterocycles.